The van der Waals surface area contributed by atoms with E-state index in [9.17, 15) is 14.7 Å². The van der Waals surface area contributed by atoms with Crippen LogP contribution < -0.4 is 5.32 Å². The van der Waals surface area contributed by atoms with Gasteiger partial charge in [-0.25, -0.2) is 9.59 Å². The van der Waals surface area contributed by atoms with Gasteiger partial charge in [-0.05, 0) is 69.1 Å². The van der Waals surface area contributed by atoms with E-state index in [-0.39, 0.29) is 10.8 Å². The van der Waals surface area contributed by atoms with Crippen LogP contribution in [0.3, 0.4) is 0 Å². The molecule has 1 amide bonds. The second-order valence-corrected chi connectivity index (χ2v) is 12.1. The van der Waals surface area contributed by atoms with Crippen molar-refractivity contribution in [2.75, 3.05) is 0 Å². The fraction of sp³-hybridized carbons (Fsp3) is 0.692. The van der Waals surface area contributed by atoms with Gasteiger partial charge in [0.2, 0.25) is 0 Å². The molecule has 0 saturated carbocycles. The van der Waals surface area contributed by atoms with E-state index in [0.717, 1.165) is 16.7 Å². The van der Waals surface area contributed by atoms with Crippen molar-refractivity contribution in [3.63, 3.8) is 0 Å². The van der Waals surface area contributed by atoms with Gasteiger partial charge in [0.05, 0.1) is 11.7 Å². The number of carbonyl (C=O) groups excluding carboxylic acids is 1. The number of ether oxygens (including phenoxy) is 2. The highest BCUT2D eigenvalue weighted by Crippen LogP contribution is 2.35. The molecule has 0 heterocycles. The number of hydrogen-bond acceptors (Lipinski definition) is 4. The maximum absolute atomic E-state index is 12.7. The van der Waals surface area contributed by atoms with Gasteiger partial charge in [-0.3, -0.25) is 0 Å². The Balaban J connectivity index is 3.21. The lowest BCUT2D eigenvalue weighted by Crippen LogP contribution is -2.51. The minimum atomic E-state index is -1.23. The summed E-state index contributed by atoms with van der Waals surface area (Å²) in [6.07, 6.45) is -1.54. The average molecular weight is 450 g/mol. The number of carboxylic acid groups (broad SMARTS) is 1. The molecule has 0 aliphatic rings. The molecular formula is C26H43NO5. The number of carboxylic acids is 1. The van der Waals surface area contributed by atoms with Crippen LogP contribution in [-0.4, -0.2) is 34.9 Å². The zero-order valence-corrected chi connectivity index (χ0v) is 22.0. The Labute approximate surface area is 194 Å². The van der Waals surface area contributed by atoms with Crippen molar-refractivity contribution in [1.29, 1.82) is 0 Å². The van der Waals surface area contributed by atoms with Crippen molar-refractivity contribution in [3.8, 4) is 0 Å². The van der Waals surface area contributed by atoms with Crippen molar-refractivity contribution < 1.29 is 24.2 Å². The lowest BCUT2D eigenvalue weighted by Gasteiger charge is -2.33. The van der Waals surface area contributed by atoms with E-state index in [4.69, 9.17) is 9.47 Å². The SMILES string of the molecule is C[C@@H](OC(C)(C)C)[C@@H](NC(=O)OC(C)(C)c1cc(C(C)(C)C)cc(C(C)(C)C)c1)C(=O)O. The lowest BCUT2D eigenvalue weighted by atomic mass is 9.78. The number of amides is 1. The summed E-state index contributed by atoms with van der Waals surface area (Å²) in [5.41, 5.74) is 1.47. The minimum Gasteiger partial charge on any atom is -0.480 e. The van der Waals surface area contributed by atoms with Crippen LogP contribution in [0, 0.1) is 0 Å². The van der Waals surface area contributed by atoms with Crippen LogP contribution in [0.1, 0.15) is 99.8 Å². The topological polar surface area (TPSA) is 84.9 Å². The predicted octanol–water partition coefficient (Wildman–Crippen LogP) is 5.90. The number of carbonyl (C=O) groups is 2. The van der Waals surface area contributed by atoms with Crippen LogP contribution in [0.4, 0.5) is 4.79 Å². The van der Waals surface area contributed by atoms with Crippen LogP contribution in [0.15, 0.2) is 18.2 Å². The van der Waals surface area contributed by atoms with E-state index in [0.29, 0.717) is 0 Å². The summed E-state index contributed by atoms with van der Waals surface area (Å²) < 4.78 is 11.5. The summed E-state index contributed by atoms with van der Waals surface area (Å²) in [6, 6.07) is 5.08. The highest BCUT2D eigenvalue weighted by atomic mass is 16.6. The zero-order valence-electron chi connectivity index (χ0n) is 22.0. The van der Waals surface area contributed by atoms with Gasteiger partial charge >= 0.3 is 12.1 Å². The number of alkyl carbamates (subject to hydrolysis) is 1. The van der Waals surface area contributed by atoms with Crippen molar-refractivity contribution in [3.05, 3.63) is 34.9 Å². The van der Waals surface area contributed by atoms with Crippen molar-refractivity contribution in [1.82, 2.24) is 5.32 Å². The van der Waals surface area contributed by atoms with E-state index in [1.54, 1.807) is 6.92 Å². The molecule has 0 fully saturated rings. The Hall–Kier alpha value is -2.08. The Morgan fingerprint density at radius 3 is 1.56 bits per heavy atom. The third-order valence-electron chi connectivity index (χ3n) is 5.26. The molecule has 0 aliphatic heterocycles. The Morgan fingerprint density at radius 2 is 1.22 bits per heavy atom. The molecule has 182 valence electrons. The Kier molecular flexibility index (Phi) is 8.23. The molecule has 2 atom stereocenters. The molecule has 6 nitrogen and oxygen atoms in total. The van der Waals surface area contributed by atoms with Crippen LogP contribution in [0.5, 0.6) is 0 Å². The molecule has 1 aromatic rings. The summed E-state index contributed by atoms with van der Waals surface area (Å²) in [7, 11) is 0. The fourth-order valence-electron chi connectivity index (χ4n) is 3.29. The Bertz CT molecular complexity index is 790. The van der Waals surface area contributed by atoms with Crippen molar-refractivity contribution >= 4 is 12.1 Å². The number of nitrogens with one attached hydrogen (secondary N) is 1. The van der Waals surface area contributed by atoms with E-state index >= 15 is 0 Å². The molecule has 0 aromatic heterocycles. The smallest absolute Gasteiger partial charge is 0.408 e. The highest BCUT2D eigenvalue weighted by molar-refractivity contribution is 5.80. The summed E-state index contributed by atoms with van der Waals surface area (Å²) in [6.45, 7) is 23.6. The first-order valence-electron chi connectivity index (χ1n) is 11.2. The average Bonchev–Trinajstić information content (AvgIpc) is 2.55. The number of hydrogen-bond donors (Lipinski definition) is 2. The molecule has 6 heteroatoms. The van der Waals surface area contributed by atoms with Gasteiger partial charge in [0.25, 0.3) is 0 Å². The third-order valence-corrected chi connectivity index (χ3v) is 5.26. The van der Waals surface area contributed by atoms with Gasteiger partial charge in [-0.1, -0.05) is 59.7 Å². The highest BCUT2D eigenvalue weighted by Gasteiger charge is 2.34. The molecule has 2 N–H and O–H groups in total. The number of benzene rings is 1. The fourth-order valence-corrected chi connectivity index (χ4v) is 3.29. The largest absolute Gasteiger partial charge is 0.480 e. The van der Waals surface area contributed by atoms with Crippen LogP contribution in [0.2, 0.25) is 0 Å². The van der Waals surface area contributed by atoms with E-state index < -0.39 is 35.4 Å². The molecule has 1 rings (SSSR count). The van der Waals surface area contributed by atoms with E-state index in [1.165, 1.54) is 0 Å². The second kappa shape index (κ2) is 9.42. The molecule has 0 radical (unpaired) electrons. The number of aliphatic carboxylic acids is 1. The third kappa shape index (κ3) is 8.12. The predicted molar refractivity (Wildman–Crippen MR) is 128 cm³/mol. The normalized spacial score (nSPS) is 15.1. The zero-order chi connectivity index (χ0) is 25.3. The first kappa shape index (κ1) is 28.0. The first-order valence-corrected chi connectivity index (χ1v) is 11.2. The quantitative estimate of drug-likeness (QED) is 0.565. The molecule has 0 unspecified atom stereocenters. The standard InChI is InChI=1S/C26H43NO5/c1-16(31-25(8,9)10)20(21(28)29)27-22(30)32-26(11,12)19-14-17(23(2,3)4)13-18(15-19)24(5,6)7/h13-16,20H,1-12H3,(H,27,30)(H,28,29)/t16-,20-/m1/s1. The molecule has 1 aromatic carbocycles. The lowest BCUT2D eigenvalue weighted by molar-refractivity contribution is -0.147. The maximum atomic E-state index is 12.7. The molecule has 32 heavy (non-hydrogen) atoms. The number of rotatable bonds is 6. The second-order valence-electron chi connectivity index (χ2n) is 12.1. The van der Waals surface area contributed by atoms with Crippen molar-refractivity contribution in [2.24, 2.45) is 0 Å². The minimum absolute atomic E-state index is 0.0809. The van der Waals surface area contributed by atoms with Crippen LogP contribution >= 0.6 is 0 Å². The molecule has 0 bridgehead atoms. The summed E-state index contributed by atoms with van der Waals surface area (Å²) >= 11 is 0. The molecular weight excluding hydrogens is 406 g/mol. The molecule has 0 saturated heterocycles. The van der Waals surface area contributed by atoms with Crippen LogP contribution in [-0.2, 0) is 30.7 Å². The van der Waals surface area contributed by atoms with Crippen LogP contribution in [0.25, 0.3) is 0 Å². The van der Waals surface area contributed by atoms with Crippen molar-refractivity contribution in [2.45, 2.75) is 117 Å². The van der Waals surface area contributed by atoms with Gasteiger partial charge in [-0.2, -0.15) is 0 Å². The van der Waals surface area contributed by atoms with Gasteiger partial charge in [0, 0.05) is 0 Å². The molecule has 0 spiro atoms. The van der Waals surface area contributed by atoms with Gasteiger partial charge < -0.3 is 19.9 Å². The molecule has 0 aliphatic carbocycles. The van der Waals surface area contributed by atoms with Gasteiger partial charge in [0.15, 0.2) is 6.04 Å². The summed E-state index contributed by atoms with van der Waals surface area (Å²) in [5, 5.41) is 12.1. The maximum Gasteiger partial charge on any atom is 0.408 e. The summed E-state index contributed by atoms with van der Waals surface area (Å²) in [4.78, 5) is 24.5. The van der Waals surface area contributed by atoms with E-state index in [2.05, 4.69) is 65.1 Å². The van der Waals surface area contributed by atoms with Gasteiger partial charge in [-0.15, -0.1) is 0 Å². The van der Waals surface area contributed by atoms with Gasteiger partial charge in [0.1, 0.15) is 5.60 Å². The monoisotopic (exact) mass is 449 g/mol. The van der Waals surface area contributed by atoms with E-state index in [1.807, 2.05) is 34.6 Å². The Morgan fingerprint density at radius 1 is 0.812 bits per heavy atom. The summed E-state index contributed by atoms with van der Waals surface area (Å²) in [5.74, 6) is -1.18. The first-order chi connectivity index (χ1) is 14.1.